The highest BCUT2D eigenvalue weighted by molar-refractivity contribution is 7.99. The summed E-state index contributed by atoms with van der Waals surface area (Å²) in [6, 6.07) is 0. The fraction of sp³-hybridized carbons (Fsp3) is 0.966. The number of ether oxygens (including phenoxy) is 2. The average molecular weight is 567 g/mol. The van der Waals surface area contributed by atoms with Gasteiger partial charge in [0.15, 0.2) is 0 Å². The molecule has 0 heterocycles. The van der Waals surface area contributed by atoms with E-state index >= 15 is 0 Å². The highest BCUT2D eigenvalue weighted by atomic mass is 32.2. The monoisotopic (exact) mass is 566 g/mol. The number of hydrogen-bond acceptors (Lipinski definition) is 6. The van der Waals surface area contributed by atoms with Gasteiger partial charge in [-0.15, -0.1) is 0 Å². The molecule has 222 valence electrons. The number of thioether (sulfide) groups is 1. The summed E-state index contributed by atoms with van der Waals surface area (Å²) >= 11 is 1.84. The van der Waals surface area contributed by atoms with Crippen molar-refractivity contribution in [2.45, 2.75) is 160 Å². The summed E-state index contributed by atoms with van der Waals surface area (Å²) < 4.78 is 28.8. The number of unbranched alkanes of at least 4 members (excludes halogenated alkanes) is 14. The van der Waals surface area contributed by atoms with Crippen LogP contribution < -0.4 is 0 Å². The molecule has 4 atom stereocenters. The standard InChI is InChI=1S/C29H59O6PS/c1-6-9-11-13-14-15-16-17-18-20-22-25-37-27(23-21-19-12-10-7-2)26(4)35-36(31,32)29(28(30)33-5)34-24-8-3/h26-27,29H,6-25H2,1-5H3,(H,31,32). The first-order valence-electron chi connectivity index (χ1n) is 15.2. The van der Waals surface area contributed by atoms with Gasteiger partial charge in [0.2, 0.25) is 0 Å². The van der Waals surface area contributed by atoms with E-state index in [2.05, 4.69) is 13.8 Å². The fourth-order valence-corrected chi connectivity index (χ4v) is 7.21. The van der Waals surface area contributed by atoms with Crippen molar-refractivity contribution in [3.05, 3.63) is 0 Å². The van der Waals surface area contributed by atoms with Crippen LogP contribution in [-0.4, -0.2) is 47.5 Å². The van der Waals surface area contributed by atoms with Gasteiger partial charge in [-0.1, -0.05) is 117 Å². The van der Waals surface area contributed by atoms with E-state index in [0.29, 0.717) is 6.42 Å². The van der Waals surface area contributed by atoms with Crippen LogP contribution in [0.3, 0.4) is 0 Å². The molecule has 0 aromatic rings. The molecule has 0 aromatic carbocycles. The molecule has 0 aromatic heterocycles. The van der Waals surface area contributed by atoms with Gasteiger partial charge >= 0.3 is 13.6 Å². The minimum Gasteiger partial charge on any atom is -0.467 e. The SMILES string of the molecule is CCCCCCCCCCCCCSC(CCCCCCC)C(C)OP(=O)(O)C(OCCC)C(=O)OC. The zero-order valence-electron chi connectivity index (χ0n) is 24.7. The second kappa shape index (κ2) is 24.9. The maximum Gasteiger partial charge on any atom is 0.368 e. The lowest BCUT2D eigenvalue weighted by atomic mass is 10.1. The van der Waals surface area contributed by atoms with Gasteiger partial charge in [0.05, 0.1) is 13.2 Å². The molecule has 0 amide bonds. The molecule has 6 nitrogen and oxygen atoms in total. The van der Waals surface area contributed by atoms with Gasteiger partial charge in [0.25, 0.3) is 5.85 Å². The molecule has 4 unspecified atom stereocenters. The second-order valence-electron chi connectivity index (χ2n) is 10.3. The number of methoxy groups -OCH3 is 1. The topological polar surface area (TPSA) is 82.1 Å². The molecule has 0 saturated carbocycles. The van der Waals surface area contributed by atoms with Crippen molar-refractivity contribution in [1.29, 1.82) is 0 Å². The van der Waals surface area contributed by atoms with E-state index in [0.717, 1.165) is 31.4 Å². The quantitative estimate of drug-likeness (QED) is 0.0602. The predicted octanol–water partition coefficient (Wildman–Crippen LogP) is 9.28. The Bertz CT molecular complexity index is 577. The second-order valence-corrected chi connectivity index (χ2v) is 13.4. The van der Waals surface area contributed by atoms with E-state index in [-0.39, 0.29) is 11.9 Å². The van der Waals surface area contributed by atoms with E-state index in [1.165, 1.54) is 90.6 Å². The lowest BCUT2D eigenvalue weighted by molar-refractivity contribution is -0.149. The smallest absolute Gasteiger partial charge is 0.368 e. The van der Waals surface area contributed by atoms with E-state index in [9.17, 15) is 14.3 Å². The Labute approximate surface area is 233 Å². The summed E-state index contributed by atoms with van der Waals surface area (Å²) in [5.74, 6) is -1.44. The minimum atomic E-state index is -4.34. The third-order valence-corrected chi connectivity index (χ3v) is 9.85. The van der Waals surface area contributed by atoms with Gasteiger partial charge in [0.1, 0.15) is 0 Å². The third kappa shape index (κ3) is 19.6. The first kappa shape index (κ1) is 36.9. The molecule has 37 heavy (non-hydrogen) atoms. The van der Waals surface area contributed by atoms with Crippen molar-refractivity contribution < 1.29 is 28.3 Å². The largest absolute Gasteiger partial charge is 0.467 e. The van der Waals surface area contributed by atoms with Gasteiger partial charge < -0.3 is 18.9 Å². The number of carbonyl (C=O) groups excluding carboxylic acids is 1. The Balaban J connectivity index is 4.63. The van der Waals surface area contributed by atoms with Gasteiger partial charge in [-0.3, -0.25) is 4.57 Å². The van der Waals surface area contributed by atoms with Gasteiger partial charge in [0, 0.05) is 11.9 Å². The van der Waals surface area contributed by atoms with Crippen LogP contribution in [0.4, 0.5) is 0 Å². The Morgan fingerprint density at radius 3 is 1.76 bits per heavy atom. The number of hydrogen-bond donors (Lipinski definition) is 1. The molecular weight excluding hydrogens is 507 g/mol. The normalized spacial score (nSPS) is 15.7. The van der Waals surface area contributed by atoms with Gasteiger partial charge in [-0.05, 0) is 31.9 Å². The molecule has 0 aliphatic heterocycles. The Morgan fingerprint density at radius 2 is 1.27 bits per heavy atom. The van der Waals surface area contributed by atoms with Crippen LogP contribution in [0, 0.1) is 0 Å². The summed E-state index contributed by atoms with van der Waals surface area (Å²) in [4.78, 5) is 22.8. The third-order valence-electron chi connectivity index (χ3n) is 6.69. The molecule has 1 N–H and O–H groups in total. The minimum absolute atomic E-state index is 0.106. The summed E-state index contributed by atoms with van der Waals surface area (Å²) in [5, 5.41) is 0.106. The Morgan fingerprint density at radius 1 is 0.784 bits per heavy atom. The van der Waals surface area contributed by atoms with Crippen molar-refractivity contribution in [3.63, 3.8) is 0 Å². The van der Waals surface area contributed by atoms with Crippen molar-refractivity contribution >= 4 is 25.3 Å². The number of carbonyl (C=O) groups is 1. The average Bonchev–Trinajstić information content (AvgIpc) is 2.87. The molecule has 0 aliphatic carbocycles. The zero-order valence-corrected chi connectivity index (χ0v) is 26.4. The van der Waals surface area contributed by atoms with Crippen molar-refractivity contribution in [3.8, 4) is 0 Å². The van der Waals surface area contributed by atoms with E-state index < -0.39 is 25.5 Å². The van der Waals surface area contributed by atoms with Crippen LogP contribution in [0.25, 0.3) is 0 Å². The van der Waals surface area contributed by atoms with Crippen LogP contribution >= 0.6 is 19.4 Å². The first-order chi connectivity index (χ1) is 17.8. The molecule has 0 saturated heterocycles. The summed E-state index contributed by atoms with van der Waals surface area (Å²) in [6.45, 7) is 8.38. The molecule has 0 spiro atoms. The first-order valence-corrected chi connectivity index (χ1v) is 17.8. The zero-order chi connectivity index (χ0) is 27.8. The van der Waals surface area contributed by atoms with Crippen LogP contribution in [0.15, 0.2) is 0 Å². The highest BCUT2D eigenvalue weighted by Crippen LogP contribution is 2.51. The van der Waals surface area contributed by atoms with E-state index in [4.69, 9.17) is 14.0 Å². The fourth-order valence-electron chi connectivity index (χ4n) is 4.39. The van der Waals surface area contributed by atoms with Crippen molar-refractivity contribution in [1.82, 2.24) is 0 Å². The van der Waals surface area contributed by atoms with Gasteiger partial charge in [-0.25, -0.2) is 4.79 Å². The van der Waals surface area contributed by atoms with Gasteiger partial charge in [-0.2, -0.15) is 11.8 Å². The molecule has 0 rings (SSSR count). The number of esters is 1. The number of rotatable bonds is 27. The summed E-state index contributed by atoms with van der Waals surface area (Å²) in [6.07, 6.45) is 21.5. The Kier molecular flexibility index (Phi) is 24.9. The van der Waals surface area contributed by atoms with Crippen LogP contribution in [0.1, 0.15) is 143 Å². The maximum atomic E-state index is 13.0. The molecule has 0 fully saturated rings. The van der Waals surface area contributed by atoms with E-state index in [1.54, 1.807) is 0 Å². The van der Waals surface area contributed by atoms with Crippen LogP contribution in [0.5, 0.6) is 0 Å². The van der Waals surface area contributed by atoms with Crippen LogP contribution in [0.2, 0.25) is 0 Å². The molecule has 8 heteroatoms. The van der Waals surface area contributed by atoms with Crippen LogP contribution in [-0.2, 0) is 23.4 Å². The summed E-state index contributed by atoms with van der Waals surface area (Å²) in [7, 11) is -3.15. The summed E-state index contributed by atoms with van der Waals surface area (Å²) in [5.41, 5.74) is 0. The molecule has 0 aliphatic rings. The lowest BCUT2D eigenvalue weighted by Gasteiger charge is -2.28. The van der Waals surface area contributed by atoms with Crippen molar-refractivity contribution in [2.24, 2.45) is 0 Å². The molecular formula is C29H59O6PS. The molecule has 0 radical (unpaired) electrons. The van der Waals surface area contributed by atoms with E-state index in [1.807, 2.05) is 25.6 Å². The maximum absolute atomic E-state index is 13.0. The van der Waals surface area contributed by atoms with Crippen molar-refractivity contribution in [2.75, 3.05) is 19.5 Å². The predicted molar refractivity (Wildman–Crippen MR) is 159 cm³/mol. The highest BCUT2D eigenvalue weighted by Gasteiger charge is 2.43. The Hall–Kier alpha value is -0.0700. The molecule has 0 bridgehead atoms. The lowest BCUT2D eigenvalue weighted by Crippen LogP contribution is -2.31.